The maximum absolute atomic E-state index is 13.1. The number of hydrogen-bond donors (Lipinski definition) is 1. The summed E-state index contributed by atoms with van der Waals surface area (Å²) in [5.74, 6) is -0.467. The van der Waals surface area contributed by atoms with Crippen LogP contribution in [0.4, 0.5) is 14.5 Å². The summed E-state index contributed by atoms with van der Waals surface area (Å²) in [5.41, 5.74) is 1.65. The Hall–Kier alpha value is -4.16. The summed E-state index contributed by atoms with van der Waals surface area (Å²) in [6.45, 7) is -1.02. The highest BCUT2D eigenvalue weighted by Gasteiger charge is 2.22. The first-order valence-electron chi connectivity index (χ1n) is 11.3. The van der Waals surface area contributed by atoms with E-state index < -0.39 is 24.1 Å². The largest absolute Gasteiger partial charge is 0.333 e. The first-order chi connectivity index (χ1) is 18.2. The lowest BCUT2D eigenvalue weighted by Crippen LogP contribution is -2.33. The number of carbonyl (C=O) groups is 1. The Morgan fingerprint density at radius 3 is 2.61 bits per heavy atom. The van der Waals surface area contributed by atoms with Gasteiger partial charge in [0.2, 0.25) is 5.91 Å². The summed E-state index contributed by atoms with van der Waals surface area (Å²) in [6.07, 6.45) is 4.28. The average Bonchev–Trinajstić information content (AvgIpc) is 3.51. The molecule has 5 aromatic rings. The molecule has 0 radical (unpaired) electrons. The van der Waals surface area contributed by atoms with Gasteiger partial charge in [0.1, 0.15) is 6.04 Å². The molecule has 0 aliphatic carbocycles. The second-order valence-electron chi connectivity index (χ2n) is 8.24. The zero-order chi connectivity index (χ0) is 27.0. The molecule has 1 N–H and O–H groups in total. The molecule has 0 spiro atoms. The van der Waals surface area contributed by atoms with Gasteiger partial charge in [-0.05, 0) is 42.8 Å². The Kier molecular flexibility index (Phi) is 6.91. The second-order valence-corrected chi connectivity index (χ2v) is 9.06. The first kappa shape index (κ1) is 25.5. The molecule has 0 bridgehead atoms. The fraction of sp³-hybridized carbons (Fsp3) is 0.167. The van der Waals surface area contributed by atoms with Crippen LogP contribution < -0.4 is 10.9 Å². The lowest BCUT2D eigenvalue weighted by molar-refractivity contribution is -0.119. The number of nitrogens with zero attached hydrogens (tertiary/aromatic N) is 7. The Bertz CT molecular complexity index is 1720. The molecule has 0 saturated carbocycles. The summed E-state index contributed by atoms with van der Waals surface area (Å²) in [7, 11) is 0. The zero-order valence-electron chi connectivity index (χ0n) is 19.6. The van der Waals surface area contributed by atoms with Crippen molar-refractivity contribution in [3.63, 3.8) is 0 Å². The van der Waals surface area contributed by atoms with Crippen molar-refractivity contribution in [2.75, 3.05) is 5.32 Å². The predicted molar refractivity (Wildman–Crippen MR) is 138 cm³/mol. The minimum atomic E-state index is -2.77. The third-order valence-electron chi connectivity index (χ3n) is 5.80. The second kappa shape index (κ2) is 10.3. The van der Waals surface area contributed by atoms with Crippen molar-refractivity contribution in [3.05, 3.63) is 81.7 Å². The van der Waals surface area contributed by atoms with E-state index in [1.807, 2.05) is 0 Å². The molecule has 2 aromatic carbocycles. The summed E-state index contributed by atoms with van der Waals surface area (Å²) >= 11 is 12.1. The standard InChI is InChI=1S/C24H18Cl2F2N8O2/c1-2-19(23(38)30-15-4-5-17-13(7-15)10-36(32-17)24(27)28)34-12-29-18(9-22(34)37)16-8-14(25)3-6-20(16)35-11-21(26)31-33-35/h3-12,19,24H,2H2,1H3,(H,30,38). The van der Waals surface area contributed by atoms with E-state index in [2.05, 4.69) is 25.7 Å². The number of carbonyl (C=O) groups excluding carboxylic acids is 1. The number of nitrogens with one attached hydrogen (secondary N) is 1. The average molecular weight is 559 g/mol. The molecule has 0 fully saturated rings. The molecule has 1 amide bonds. The van der Waals surface area contributed by atoms with Crippen molar-refractivity contribution >= 4 is 45.7 Å². The van der Waals surface area contributed by atoms with Gasteiger partial charge in [-0.25, -0.2) is 14.3 Å². The van der Waals surface area contributed by atoms with Crippen LogP contribution in [0.25, 0.3) is 27.8 Å². The van der Waals surface area contributed by atoms with Gasteiger partial charge in [0, 0.05) is 33.9 Å². The van der Waals surface area contributed by atoms with Gasteiger partial charge in [0.05, 0.1) is 29.4 Å². The lowest BCUT2D eigenvalue weighted by atomic mass is 10.1. The van der Waals surface area contributed by atoms with E-state index in [4.69, 9.17) is 23.2 Å². The van der Waals surface area contributed by atoms with Crippen LogP contribution in [0, 0.1) is 0 Å². The van der Waals surface area contributed by atoms with Crippen LogP contribution in [0.1, 0.15) is 25.9 Å². The number of hydrogen-bond acceptors (Lipinski definition) is 6. The monoisotopic (exact) mass is 558 g/mol. The number of benzene rings is 2. The van der Waals surface area contributed by atoms with Crippen molar-refractivity contribution < 1.29 is 13.6 Å². The van der Waals surface area contributed by atoms with Gasteiger partial charge in [-0.15, -0.1) is 5.10 Å². The Balaban J connectivity index is 1.43. The number of rotatable bonds is 7. The van der Waals surface area contributed by atoms with Crippen LogP contribution in [0.2, 0.25) is 10.2 Å². The molecular weight excluding hydrogens is 541 g/mol. The minimum Gasteiger partial charge on any atom is -0.324 e. The van der Waals surface area contributed by atoms with Crippen LogP contribution >= 0.6 is 23.2 Å². The molecule has 0 saturated heterocycles. The molecule has 38 heavy (non-hydrogen) atoms. The van der Waals surface area contributed by atoms with E-state index in [0.29, 0.717) is 43.2 Å². The molecule has 1 unspecified atom stereocenters. The van der Waals surface area contributed by atoms with E-state index in [1.54, 1.807) is 31.2 Å². The highest BCUT2D eigenvalue weighted by Crippen LogP contribution is 2.28. The molecule has 3 heterocycles. The molecule has 3 aromatic heterocycles. The summed E-state index contributed by atoms with van der Waals surface area (Å²) in [5, 5.41) is 15.3. The van der Waals surface area contributed by atoms with E-state index in [1.165, 1.54) is 46.2 Å². The van der Waals surface area contributed by atoms with Crippen molar-refractivity contribution in [1.82, 2.24) is 34.3 Å². The van der Waals surface area contributed by atoms with Crippen LogP contribution in [0.5, 0.6) is 0 Å². The Labute approximate surface area is 223 Å². The lowest BCUT2D eigenvalue weighted by Gasteiger charge is -2.18. The molecular formula is C24H18Cl2F2N8O2. The van der Waals surface area contributed by atoms with Crippen molar-refractivity contribution in [2.45, 2.75) is 25.9 Å². The van der Waals surface area contributed by atoms with Gasteiger partial charge in [-0.1, -0.05) is 35.3 Å². The van der Waals surface area contributed by atoms with Crippen molar-refractivity contribution in [1.29, 1.82) is 0 Å². The number of fused-ring (bicyclic) bond motifs is 1. The molecule has 10 nitrogen and oxygen atoms in total. The SMILES string of the molecule is CCC(C(=O)Nc1ccc2nn(C(F)F)cc2c1)n1cnc(-c2cc(Cl)ccc2-n2cc(Cl)nn2)cc1=O. The van der Waals surface area contributed by atoms with E-state index in [0.717, 1.165) is 0 Å². The van der Waals surface area contributed by atoms with Gasteiger partial charge >= 0.3 is 6.55 Å². The van der Waals surface area contributed by atoms with Crippen LogP contribution in [0.15, 0.2) is 66.0 Å². The molecule has 5 rings (SSSR count). The summed E-state index contributed by atoms with van der Waals surface area (Å²) in [4.78, 5) is 30.6. The van der Waals surface area contributed by atoms with Gasteiger partial charge in [0.15, 0.2) is 5.15 Å². The molecule has 0 aliphatic heterocycles. The van der Waals surface area contributed by atoms with Gasteiger partial charge < -0.3 is 5.32 Å². The van der Waals surface area contributed by atoms with Crippen LogP contribution in [-0.4, -0.2) is 40.2 Å². The number of anilines is 1. The quantitative estimate of drug-likeness (QED) is 0.296. The van der Waals surface area contributed by atoms with E-state index in [-0.39, 0.29) is 11.6 Å². The highest BCUT2D eigenvalue weighted by molar-refractivity contribution is 6.31. The normalized spacial score (nSPS) is 12.3. The topological polar surface area (TPSA) is 113 Å². The Morgan fingerprint density at radius 1 is 1.11 bits per heavy atom. The smallest absolute Gasteiger partial charge is 0.324 e. The van der Waals surface area contributed by atoms with Gasteiger partial charge in [-0.2, -0.15) is 13.9 Å². The number of halogens is 4. The molecule has 0 aliphatic rings. The minimum absolute atomic E-state index is 0.188. The van der Waals surface area contributed by atoms with E-state index >= 15 is 0 Å². The fourth-order valence-corrected chi connectivity index (χ4v) is 4.32. The first-order valence-corrected chi connectivity index (χ1v) is 12.0. The summed E-state index contributed by atoms with van der Waals surface area (Å²) < 4.78 is 29.1. The fourth-order valence-electron chi connectivity index (χ4n) is 4.02. The van der Waals surface area contributed by atoms with Crippen LogP contribution in [0.3, 0.4) is 0 Å². The number of aromatic nitrogens is 7. The number of alkyl halides is 2. The van der Waals surface area contributed by atoms with E-state index in [9.17, 15) is 18.4 Å². The van der Waals surface area contributed by atoms with Gasteiger partial charge in [-0.3, -0.25) is 14.2 Å². The third kappa shape index (κ3) is 5.00. The zero-order valence-corrected chi connectivity index (χ0v) is 21.1. The summed E-state index contributed by atoms with van der Waals surface area (Å²) in [6, 6.07) is 10.0. The van der Waals surface area contributed by atoms with Crippen molar-refractivity contribution in [2.24, 2.45) is 0 Å². The molecule has 14 heteroatoms. The molecule has 194 valence electrons. The molecule has 1 atom stereocenters. The Morgan fingerprint density at radius 2 is 1.92 bits per heavy atom. The maximum Gasteiger partial charge on any atom is 0.333 e. The van der Waals surface area contributed by atoms with Gasteiger partial charge in [0.25, 0.3) is 5.56 Å². The highest BCUT2D eigenvalue weighted by atomic mass is 35.5. The predicted octanol–water partition coefficient (Wildman–Crippen LogP) is 5.13. The van der Waals surface area contributed by atoms with Crippen molar-refractivity contribution in [3.8, 4) is 16.9 Å². The van der Waals surface area contributed by atoms with Crippen LogP contribution in [-0.2, 0) is 4.79 Å². The third-order valence-corrected chi connectivity index (χ3v) is 6.21. The maximum atomic E-state index is 13.1. The number of amides is 1.